The van der Waals surface area contributed by atoms with Crippen molar-refractivity contribution in [2.75, 3.05) is 20.1 Å². The Kier molecular flexibility index (Phi) is 3.53. The van der Waals surface area contributed by atoms with E-state index in [4.69, 9.17) is 0 Å². The van der Waals surface area contributed by atoms with Crippen LogP contribution in [0, 0.1) is 5.92 Å². The average molecular weight is 170 g/mol. The van der Waals surface area contributed by atoms with E-state index in [-0.39, 0.29) is 0 Å². The number of nitrogens with one attached hydrogen (secondary N) is 1. The van der Waals surface area contributed by atoms with Gasteiger partial charge in [-0.25, -0.2) is 0 Å². The highest BCUT2D eigenvalue weighted by Gasteiger charge is 2.22. The number of hydrogen-bond acceptors (Lipinski definition) is 2. The molecule has 1 heterocycles. The maximum Gasteiger partial charge on any atom is 0.0220 e. The number of hydrogen-bond donors (Lipinski definition) is 1. The molecule has 0 radical (unpaired) electrons. The summed E-state index contributed by atoms with van der Waals surface area (Å²) < 4.78 is 0. The minimum atomic E-state index is 0.665. The predicted molar refractivity (Wildman–Crippen MR) is 53.3 cm³/mol. The van der Waals surface area contributed by atoms with Crippen LogP contribution in [-0.4, -0.2) is 37.1 Å². The van der Waals surface area contributed by atoms with Crippen LogP contribution in [0.3, 0.4) is 0 Å². The fraction of sp³-hybridized carbons (Fsp3) is 1.00. The molecule has 0 aliphatic carbocycles. The highest BCUT2D eigenvalue weighted by Crippen LogP contribution is 2.12. The third-order valence-electron chi connectivity index (χ3n) is 2.63. The summed E-state index contributed by atoms with van der Waals surface area (Å²) in [5, 5.41) is 3.53. The second-order valence-electron chi connectivity index (χ2n) is 4.53. The average Bonchev–Trinajstić information content (AvgIpc) is 1.94. The van der Waals surface area contributed by atoms with Gasteiger partial charge in [-0.05, 0) is 26.3 Å². The van der Waals surface area contributed by atoms with Gasteiger partial charge in [-0.1, -0.05) is 13.8 Å². The van der Waals surface area contributed by atoms with Crippen LogP contribution in [0.15, 0.2) is 0 Å². The molecule has 0 aromatic rings. The molecule has 1 aliphatic heterocycles. The minimum absolute atomic E-state index is 0.665. The Balaban J connectivity index is 2.34. The van der Waals surface area contributed by atoms with Crippen molar-refractivity contribution < 1.29 is 0 Å². The van der Waals surface area contributed by atoms with Gasteiger partial charge in [0.15, 0.2) is 0 Å². The summed E-state index contributed by atoms with van der Waals surface area (Å²) in [4.78, 5) is 2.49. The summed E-state index contributed by atoms with van der Waals surface area (Å²) >= 11 is 0. The van der Waals surface area contributed by atoms with Gasteiger partial charge in [0.25, 0.3) is 0 Å². The lowest BCUT2D eigenvalue weighted by Crippen LogP contribution is -2.54. The third kappa shape index (κ3) is 2.76. The van der Waals surface area contributed by atoms with E-state index in [1.807, 2.05) is 0 Å². The molecule has 0 spiro atoms. The first kappa shape index (κ1) is 10.0. The monoisotopic (exact) mass is 170 g/mol. The summed E-state index contributed by atoms with van der Waals surface area (Å²) in [6.07, 6.45) is 1.32. The zero-order valence-corrected chi connectivity index (χ0v) is 8.80. The van der Waals surface area contributed by atoms with E-state index in [9.17, 15) is 0 Å². The Morgan fingerprint density at radius 3 is 2.67 bits per heavy atom. The normalized spacial score (nSPS) is 32.8. The van der Waals surface area contributed by atoms with Crippen molar-refractivity contribution in [2.45, 2.75) is 39.3 Å². The first-order chi connectivity index (χ1) is 5.59. The third-order valence-corrected chi connectivity index (χ3v) is 2.63. The lowest BCUT2D eigenvalue weighted by Gasteiger charge is -2.37. The molecule has 12 heavy (non-hydrogen) atoms. The van der Waals surface area contributed by atoms with Crippen LogP contribution in [0.25, 0.3) is 0 Å². The molecule has 2 atom stereocenters. The molecule has 0 aromatic carbocycles. The zero-order valence-electron chi connectivity index (χ0n) is 8.80. The maximum absolute atomic E-state index is 3.53. The first-order valence-corrected chi connectivity index (χ1v) is 5.03. The van der Waals surface area contributed by atoms with Gasteiger partial charge in [0.05, 0.1) is 0 Å². The molecular formula is C10H22N2. The van der Waals surface area contributed by atoms with Gasteiger partial charge >= 0.3 is 0 Å². The van der Waals surface area contributed by atoms with Crippen LogP contribution in [0.4, 0.5) is 0 Å². The molecule has 2 nitrogen and oxygen atoms in total. The van der Waals surface area contributed by atoms with Crippen molar-refractivity contribution in [1.29, 1.82) is 0 Å². The van der Waals surface area contributed by atoms with Crippen molar-refractivity contribution in [2.24, 2.45) is 5.92 Å². The molecule has 2 unspecified atom stereocenters. The zero-order chi connectivity index (χ0) is 9.14. The van der Waals surface area contributed by atoms with E-state index in [0.29, 0.717) is 6.04 Å². The van der Waals surface area contributed by atoms with E-state index in [0.717, 1.165) is 18.5 Å². The van der Waals surface area contributed by atoms with Crippen LogP contribution in [0.5, 0.6) is 0 Å². The topological polar surface area (TPSA) is 15.3 Å². The molecule has 0 bridgehead atoms. The quantitative estimate of drug-likeness (QED) is 0.672. The molecule has 0 aromatic heterocycles. The van der Waals surface area contributed by atoms with Gasteiger partial charge in [0.2, 0.25) is 0 Å². The lowest BCUT2D eigenvalue weighted by molar-refractivity contribution is 0.150. The van der Waals surface area contributed by atoms with Crippen LogP contribution in [-0.2, 0) is 0 Å². The Bertz CT molecular complexity index is 134. The minimum Gasteiger partial charge on any atom is -0.311 e. The molecular weight excluding hydrogens is 148 g/mol. The van der Waals surface area contributed by atoms with Gasteiger partial charge in [-0.3, -0.25) is 0 Å². The Morgan fingerprint density at radius 1 is 1.50 bits per heavy atom. The standard InChI is InChI=1S/C10H22N2/c1-8(2)5-10-6-11-9(3)7-12(10)4/h8-11H,5-7H2,1-4H3. The SMILES string of the molecule is CC(C)CC1CNC(C)CN1C. The number of likely N-dealkylation sites (N-methyl/N-ethyl adjacent to an activating group) is 1. The second kappa shape index (κ2) is 4.24. The van der Waals surface area contributed by atoms with Gasteiger partial charge in [0.1, 0.15) is 0 Å². The van der Waals surface area contributed by atoms with Crippen molar-refractivity contribution in [3.05, 3.63) is 0 Å². The van der Waals surface area contributed by atoms with Crippen molar-refractivity contribution in [3.8, 4) is 0 Å². The summed E-state index contributed by atoms with van der Waals surface area (Å²) in [6, 6.07) is 1.42. The summed E-state index contributed by atoms with van der Waals surface area (Å²) in [5.74, 6) is 0.813. The Morgan fingerprint density at radius 2 is 2.17 bits per heavy atom. The summed E-state index contributed by atoms with van der Waals surface area (Å²) in [7, 11) is 2.24. The second-order valence-corrected chi connectivity index (χ2v) is 4.53. The molecule has 2 heteroatoms. The molecule has 1 aliphatic rings. The van der Waals surface area contributed by atoms with E-state index in [1.165, 1.54) is 13.0 Å². The Labute approximate surface area is 76.3 Å². The fourth-order valence-corrected chi connectivity index (χ4v) is 1.95. The van der Waals surface area contributed by atoms with Crippen molar-refractivity contribution in [1.82, 2.24) is 10.2 Å². The van der Waals surface area contributed by atoms with Crippen molar-refractivity contribution in [3.63, 3.8) is 0 Å². The smallest absolute Gasteiger partial charge is 0.0220 e. The predicted octanol–water partition coefficient (Wildman–Crippen LogP) is 1.32. The van der Waals surface area contributed by atoms with Gasteiger partial charge in [-0.15, -0.1) is 0 Å². The molecule has 0 amide bonds. The molecule has 1 rings (SSSR count). The van der Waals surface area contributed by atoms with E-state index in [1.54, 1.807) is 0 Å². The number of nitrogens with zero attached hydrogens (tertiary/aromatic N) is 1. The van der Waals surface area contributed by atoms with Gasteiger partial charge in [0, 0.05) is 25.2 Å². The summed E-state index contributed by atoms with van der Waals surface area (Å²) in [5.41, 5.74) is 0. The molecule has 1 N–H and O–H groups in total. The maximum atomic E-state index is 3.53. The van der Waals surface area contributed by atoms with Crippen LogP contribution >= 0.6 is 0 Å². The van der Waals surface area contributed by atoms with Crippen LogP contribution in [0.2, 0.25) is 0 Å². The Hall–Kier alpha value is -0.0800. The van der Waals surface area contributed by atoms with Gasteiger partial charge < -0.3 is 10.2 Å². The van der Waals surface area contributed by atoms with E-state index in [2.05, 4.69) is 38.0 Å². The largest absolute Gasteiger partial charge is 0.311 e. The molecule has 1 saturated heterocycles. The molecule has 0 saturated carbocycles. The van der Waals surface area contributed by atoms with Crippen LogP contribution < -0.4 is 5.32 Å². The number of rotatable bonds is 2. The number of piperazine rings is 1. The van der Waals surface area contributed by atoms with E-state index >= 15 is 0 Å². The van der Waals surface area contributed by atoms with Gasteiger partial charge in [-0.2, -0.15) is 0 Å². The molecule has 72 valence electrons. The summed E-state index contributed by atoms with van der Waals surface area (Å²) in [6.45, 7) is 9.20. The highest BCUT2D eigenvalue weighted by atomic mass is 15.2. The first-order valence-electron chi connectivity index (χ1n) is 5.03. The lowest BCUT2D eigenvalue weighted by atomic mass is 10.00. The molecule has 1 fully saturated rings. The fourth-order valence-electron chi connectivity index (χ4n) is 1.95. The van der Waals surface area contributed by atoms with Crippen LogP contribution in [0.1, 0.15) is 27.2 Å². The highest BCUT2D eigenvalue weighted by molar-refractivity contribution is 4.82. The van der Waals surface area contributed by atoms with Crippen molar-refractivity contribution >= 4 is 0 Å². The van der Waals surface area contributed by atoms with E-state index < -0.39 is 0 Å².